The van der Waals surface area contributed by atoms with Crippen molar-refractivity contribution in [1.82, 2.24) is 0 Å². The number of para-hydroxylation sites is 1. The molecule has 0 fully saturated rings. The lowest BCUT2D eigenvalue weighted by Gasteiger charge is -1.99. The predicted octanol–water partition coefficient (Wildman–Crippen LogP) is 3.83. The second kappa shape index (κ2) is 5.77. The van der Waals surface area contributed by atoms with Crippen LogP contribution in [0.1, 0.15) is 15.9 Å². The van der Waals surface area contributed by atoms with Gasteiger partial charge in [-0.05, 0) is 35.9 Å². The number of carbonyl (C=O) groups excluding carboxylic acids is 1. The predicted molar refractivity (Wildman–Crippen MR) is 82.2 cm³/mol. The van der Waals surface area contributed by atoms with E-state index in [1.54, 1.807) is 36.4 Å². The van der Waals surface area contributed by atoms with Crippen LogP contribution in [0.5, 0.6) is 0 Å². The van der Waals surface area contributed by atoms with Crippen LogP contribution in [0.2, 0.25) is 0 Å². The van der Waals surface area contributed by atoms with Gasteiger partial charge in [0, 0.05) is 5.39 Å². The van der Waals surface area contributed by atoms with E-state index in [2.05, 4.69) is 0 Å². The number of fused-ring (bicyclic) bond motifs is 1. The topological polar surface area (TPSA) is 47.3 Å². The lowest BCUT2D eigenvalue weighted by atomic mass is 10.1. The maximum Gasteiger partial charge on any atom is 0.347 e. The summed E-state index contributed by atoms with van der Waals surface area (Å²) < 4.78 is 17.9. The van der Waals surface area contributed by atoms with Crippen molar-refractivity contribution in [1.29, 1.82) is 0 Å². The lowest BCUT2D eigenvalue weighted by Crippen LogP contribution is -2.11. The summed E-state index contributed by atoms with van der Waals surface area (Å²) in [5.74, 6) is -0.803. The molecule has 1 heterocycles. The molecule has 0 saturated heterocycles. The molecule has 3 rings (SSSR count). The van der Waals surface area contributed by atoms with E-state index in [0.717, 1.165) is 0 Å². The quantitative estimate of drug-likeness (QED) is 0.419. The second-order valence-electron chi connectivity index (χ2n) is 4.73. The molecular formula is C18H11FO3. The molecule has 1 aromatic heterocycles. The fourth-order valence-electron chi connectivity index (χ4n) is 2.07. The van der Waals surface area contributed by atoms with Crippen LogP contribution in [-0.4, -0.2) is 5.78 Å². The van der Waals surface area contributed by atoms with Gasteiger partial charge in [0.05, 0.1) is 0 Å². The number of halogens is 1. The van der Waals surface area contributed by atoms with Gasteiger partial charge in [-0.2, -0.15) is 0 Å². The molecule has 3 aromatic rings. The Morgan fingerprint density at radius 2 is 1.77 bits per heavy atom. The highest BCUT2D eigenvalue weighted by molar-refractivity contribution is 6.07. The van der Waals surface area contributed by atoms with Crippen LogP contribution in [0.3, 0.4) is 0 Å². The van der Waals surface area contributed by atoms with Gasteiger partial charge in [0.15, 0.2) is 5.78 Å². The van der Waals surface area contributed by atoms with E-state index in [-0.39, 0.29) is 11.4 Å². The number of hydrogen-bond acceptors (Lipinski definition) is 3. The minimum Gasteiger partial charge on any atom is -0.422 e. The molecule has 0 unspecified atom stereocenters. The lowest BCUT2D eigenvalue weighted by molar-refractivity contribution is 0.104. The summed E-state index contributed by atoms with van der Waals surface area (Å²) in [6.07, 6.45) is 2.80. The van der Waals surface area contributed by atoms with Crippen molar-refractivity contribution in [3.63, 3.8) is 0 Å². The number of benzene rings is 2. The molecule has 3 nitrogen and oxygen atoms in total. The van der Waals surface area contributed by atoms with Crippen LogP contribution in [0, 0.1) is 5.82 Å². The highest BCUT2D eigenvalue weighted by Crippen LogP contribution is 2.13. The van der Waals surface area contributed by atoms with E-state index in [1.165, 1.54) is 30.4 Å². The van der Waals surface area contributed by atoms with Crippen molar-refractivity contribution in [3.8, 4) is 0 Å². The highest BCUT2D eigenvalue weighted by atomic mass is 19.1. The van der Waals surface area contributed by atoms with Crippen LogP contribution in [0.25, 0.3) is 17.0 Å². The fraction of sp³-hybridized carbons (Fsp3) is 0. The first-order chi connectivity index (χ1) is 10.6. The van der Waals surface area contributed by atoms with Gasteiger partial charge in [-0.25, -0.2) is 9.18 Å². The minimum absolute atomic E-state index is 0.0305. The van der Waals surface area contributed by atoms with Crippen molar-refractivity contribution < 1.29 is 13.6 Å². The van der Waals surface area contributed by atoms with E-state index in [9.17, 15) is 14.0 Å². The average molecular weight is 294 g/mol. The van der Waals surface area contributed by atoms with Crippen molar-refractivity contribution >= 4 is 22.8 Å². The summed E-state index contributed by atoms with van der Waals surface area (Å²) in [5, 5.41) is 0.681. The smallest absolute Gasteiger partial charge is 0.347 e. The van der Waals surface area contributed by atoms with Crippen molar-refractivity contribution in [2.24, 2.45) is 0 Å². The first kappa shape index (κ1) is 13.9. The van der Waals surface area contributed by atoms with Gasteiger partial charge >= 0.3 is 5.63 Å². The largest absolute Gasteiger partial charge is 0.422 e. The first-order valence-corrected chi connectivity index (χ1v) is 6.64. The molecule has 0 saturated carbocycles. The Hall–Kier alpha value is -3.01. The molecule has 0 aliphatic carbocycles. The third-order valence-corrected chi connectivity index (χ3v) is 3.20. The molecule has 0 bridgehead atoms. The van der Waals surface area contributed by atoms with E-state index >= 15 is 0 Å². The summed E-state index contributed by atoms with van der Waals surface area (Å²) in [4.78, 5) is 24.0. The van der Waals surface area contributed by atoms with Crippen LogP contribution in [-0.2, 0) is 0 Å². The summed E-state index contributed by atoms with van der Waals surface area (Å²) >= 11 is 0. The van der Waals surface area contributed by atoms with E-state index in [4.69, 9.17) is 4.42 Å². The Labute approximate surface area is 125 Å². The zero-order chi connectivity index (χ0) is 15.5. The number of allylic oxidation sites excluding steroid dienone is 1. The molecular weight excluding hydrogens is 283 g/mol. The molecule has 4 heteroatoms. The molecule has 0 spiro atoms. The van der Waals surface area contributed by atoms with E-state index in [1.807, 2.05) is 0 Å². The van der Waals surface area contributed by atoms with Crippen molar-refractivity contribution in [3.05, 3.63) is 88.0 Å². The maximum absolute atomic E-state index is 12.8. The van der Waals surface area contributed by atoms with Gasteiger partial charge in [-0.1, -0.05) is 36.4 Å². The van der Waals surface area contributed by atoms with Crippen LogP contribution < -0.4 is 5.63 Å². The van der Waals surface area contributed by atoms with Gasteiger partial charge in [0.2, 0.25) is 0 Å². The highest BCUT2D eigenvalue weighted by Gasteiger charge is 2.10. The van der Waals surface area contributed by atoms with Gasteiger partial charge in [-0.15, -0.1) is 0 Å². The Balaban J connectivity index is 1.93. The van der Waals surface area contributed by atoms with Crippen molar-refractivity contribution in [2.75, 3.05) is 0 Å². The molecule has 0 aliphatic heterocycles. The number of carbonyl (C=O) groups is 1. The Morgan fingerprint density at radius 3 is 2.55 bits per heavy atom. The van der Waals surface area contributed by atoms with E-state index in [0.29, 0.717) is 16.5 Å². The number of rotatable bonds is 3. The standard InChI is InChI=1S/C18H11FO3/c19-14-8-5-12(6-9-14)7-10-16(20)15-11-13-3-1-2-4-17(13)22-18(15)21/h1-11H/b10-7+. The van der Waals surface area contributed by atoms with Gasteiger partial charge in [-0.3, -0.25) is 4.79 Å². The summed E-state index contributed by atoms with van der Waals surface area (Å²) in [6.45, 7) is 0. The molecule has 0 aliphatic rings. The fourth-order valence-corrected chi connectivity index (χ4v) is 2.07. The van der Waals surface area contributed by atoms with Gasteiger partial charge < -0.3 is 4.42 Å². The third kappa shape index (κ3) is 2.86. The summed E-state index contributed by atoms with van der Waals surface area (Å²) in [6, 6.07) is 14.2. The molecule has 108 valence electrons. The molecule has 22 heavy (non-hydrogen) atoms. The number of ketones is 1. The molecule has 0 amide bonds. The van der Waals surface area contributed by atoms with Crippen molar-refractivity contribution in [2.45, 2.75) is 0 Å². The zero-order valence-corrected chi connectivity index (χ0v) is 11.5. The summed E-state index contributed by atoms with van der Waals surface area (Å²) in [5.41, 5.74) is 0.399. The molecule has 0 radical (unpaired) electrons. The molecule has 0 atom stereocenters. The Morgan fingerprint density at radius 1 is 1.05 bits per heavy atom. The monoisotopic (exact) mass is 294 g/mol. The minimum atomic E-state index is -0.674. The Kier molecular flexibility index (Phi) is 3.66. The summed E-state index contributed by atoms with van der Waals surface area (Å²) in [7, 11) is 0. The van der Waals surface area contributed by atoms with E-state index < -0.39 is 11.4 Å². The second-order valence-corrected chi connectivity index (χ2v) is 4.73. The van der Waals surface area contributed by atoms with Crippen LogP contribution >= 0.6 is 0 Å². The Bertz CT molecular complexity index is 921. The third-order valence-electron chi connectivity index (χ3n) is 3.20. The zero-order valence-electron chi connectivity index (χ0n) is 11.5. The first-order valence-electron chi connectivity index (χ1n) is 6.64. The van der Waals surface area contributed by atoms with Gasteiger partial charge in [0.25, 0.3) is 0 Å². The normalized spacial score (nSPS) is 11.1. The van der Waals surface area contributed by atoms with Crippen LogP contribution in [0.15, 0.2) is 69.9 Å². The number of hydrogen-bond donors (Lipinski definition) is 0. The van der Waals surface area contributed by atoms with Gasteiger partial charge in [0.1, 0.15) is 17.0 Å². The van der Waals surface area contributed by atoms with Crippen LogP contribution in [0.4, 0.5) is 4.39 Å². The average Bonchev–Trinajstić information content (AvgIpc) is 2.53. The maximum atomic E-state index is 12.8. The molecule has 0 N–H and O–H groups in total. The SMILES string of the molecule is O=C(/C=C/c1ccc(F)cc1)c1cc2ccccc2oc1=O. The molecule has 2 aromatic carbocycles.